The number of likely N-dealkylation sites (tertiary alicyclic amines) is 1. The molecule has 3 heterocycles. The zero-order chi connectivity index (χ0) is 18.9. The quantitative estimate of drug-likeness (QED) is 0.672. The van der Waals surface area contributed by atoms with E-state index in [1.54, 1.807) is 9.80 Å². The first kappa shape index (κ1) is 18.6. The summed E-state index contributed by atoms with van der Waals surface area (Å²) in [6.07, 6.45) is 7.43. The van der Waals surface area contributed by atoms with E-state index in [9.17, 15) is 18.0 Å². The molecule has 0 N–H and O–H groups in total. The first-order valence-corrected chi connectivity index (χ1v) is 10.4. The molecule has 1 amide bonds. The highest BCUT2D eigenvalue weighted by Gasteiger charge is 2.30. The van der Waals surface area contributed by atoms with Gasteiger partial charge in [-0.15, -0.1) is 4.40 Å². The van der Waals surface area contributed by atoms with Crippen LogP contribution >= 0.6 is 0 Å². The minimum Gasteiger partial charge on any atom is -0.452 e. The molecule has 0 aromatic heterocycles. The van der Waals surface area contributed by atoms with Gasteiger partial charge < -0.3 is 14.5 Å². The van der Waals surface area contributed by atoms with Crippen molar-refractivity contribution < 1.29 is 22.7 Å². The Hall–Kier alpha value is -2.16. The van der Waals surface area contributed by atoms with Gasteiger partial charge in [0.15, 0.2) is 6.61 Å². The van der Waals surface area contributed by atoms with Crippen LogP contribution in [0.25, 0.3) is 0 Å². The van der Waals surface area contributed by atoms with Gasteiger partial charge in [-0.05, 0) is 45.3 Å². The molecule has 2 unspecified atom stereocenters. The fourth-order valence-electron chi connectivity index (χ4n) is 3.52. The second-order valence-corrected chi connectivity index (χ2v) is 8.61. The molecule has 8 nitrogen and oxygen atoms in total. The number of fused-ring (bicyclic) bond motifs is 1. The molecule has 0 radical (unpaired) electrons. The summed E-state index contributed by atoms with van der Waals surface area (Å²) in [6, 6.07) is 0.292. The highest BCUT2D eigenvalue weighted by atomic mass is 32.2. The fourth-order valence-corrected chi connectivity index (χ4v) is 4.49. The van der Waals surface area contributed by atoms with E-state index < -0.39 is 16.0 Å². The molecule has 0 aromatic rings. The van der Waals surface area contributed by atoms with Crippen LogP contribution < -0.4 is 0 Å². The van der Waals surface area contributed by atoms with Gasteiger partial charge in [-0.3, -0.25) is 4.79 Å². The third-order valence-electron chi connectivity index (χ3n) is 4.87. The van der Waals surface area contributed by atoms with Crippen molar-refractivity contribution in [2.24, 2.45) is 4.40 Å². The topological polar surface area (TPSA) is 96.4 Å². The normalized spacial score (nSPS) is 27.3. The summed E-state index contributed by atoms with van der Waals surface area (Å²) < 4.78 is 31.8. The highest BCUT2D eigenvalue weighted by Crippen LogP contribution is 2.23. The van der Waals surface area contributed by atoms with Crippen molar-refractivity contribution in [2.75, 3.05) is 18.9 Å². The summed E-state index contributed by atoms with van der Waals surface area (Å²) in [5, 5.41) is 0. The molecule has 3 aliphatic heterocycles. The van der Waals surface area contributed by atoms with Gasteiger partial charge in [0.25, 0.3) is 15.9 Å². The third kappa shape index (κ3) is 3.98. The first-order valence-electron chi connectivity index (χ1n) is 8.74. The van der Waals surface area contributed by atoms with E-state index in [1.165, 1.54) is 18.4 Å². The van der Waals surface area contributed by atoms with Crippen molar-refractivity contribution in [3.05, 3.63) is 23.9 Å². The Kier molecular flexibility index (Phi) is 5.17. The monoisotopic (exact) mass is 381 g/mol. The summed E-state index contributed by atoms with van der Waals surface area (Å²) in [5.41, 5.74) is 0.260. The number of sulfonamides is 1. The van der Waals surface area contributed by atoms with Crippen LogP contribution in [0.2, 0.25) is 0 Å². The minimum absolute atomic E-state index is 0.105. The molecular formula is C17H23N3O5S. The van der Waals surface area contributed by atoms with Gasteiger partial charge in [-0.1, -0.05) is 0 Å². The molecule has 9 heteroatoms. The number of nitrogens with zero attached hydrogens (tertiary/aromatic N) is 3. The fraction of sp³-hybridized carbons (Fsp3) is 0.588. The maximum Gasteiger partial charge on any atom is 0.340 e. The van der Waals surface area contributed by atoms with Crippen molar-refractivity contribution in [3.63, 3.8) is 0 Å². The Morgan fingerprint density at radius 1 is 1.23 bits per heavy atom. The molecule has 0 bridgehead atoms. The lowest BCUT2D eigenvalue weighted by Crippen LogP contribution is -2.49. The van der Waals surface area contributed by atoms with E-state index in [0.29, 0.717) is 0 Å². The Labute approximate surface area is 153 Å². The molecule has 0 aliphatic carbocycles. The van der Waals surface area contributed by atoms with Crippen LogP contribution in [0.1, 0.15) is 33.1 Å². The smallest absolute Gasteiger partial charge is 0.340 e. The number of piperidine rings is 1. The predicted octanol–water partition coefficient (Wildman–Crippen LogP) is 0.817. The van der Waals surface area contributed by atoms with Crippen molar-refractivity contribution in [3.8, 4) is 0 Å². The first-order chi connectivity index (χ1) is 12.3. The van der Waals surface area contributed by atoms with Gasteiger partial charge in [-0.25, -0.2) is 13.2 Å². The largest absolute Gasteiger partial charge is 0.452 e. The number of hydrogen-bond donors (Lipinski definition) is 0. The number of ether oxygens (including phenoxy) is 1. The lowest BCUT2D eigenvalue weighted by molar-refractivity contribution is -0.152. The molecule has 1 fully saturated rings. The van der Waals surface area contributed by atoms with Crippen LogP contribution in [-0.4, -0.2) is 66.9 Å². The van der Waals surface area contributed by atoms with Crippen LogP contribution in [0, 0.1) is 0 Å². The van der Waals surface area contributed by atoms with E-state index in [1.807, 2.05) is 13.8 Å². The lowest BCUT2D eigenvalue weighted by atomic mass is 9.97. The minimum atomic E-state index is -3.44. The standard InChI is InChI=1S/C17H23N3O5S/c1-12-4-3-5-13(2)20(12)16(21)11-25-17(22)14-6-7-15-18-26(23,24)9-8-19(15)10-14/h6-7,10,12-13H,3-5,8-9,11H2,1-2H3. The van der Waals surface area contributed by atoms with E-state index in [4.69, 9.17) is 4.74 Å². The Morgan fingerprint density at radius 3 is 2.62 bits per heavy atom. The molecule has 26 heavy (non-hydrogen) atoms. The molecule has 0 spiro atoms. The number of amides is 1. The third-order valence-corrected chi connectivity index (χ3v) is 6.03. The van der Waals surface area contributed by atoms with Gasteiger partial charge in [0.2, 0.25) is 0 Å². The molecule has 3 aliphatic rings. The van der Waals surface area contributed by atoms with Crippen LogP contribution in [0.4, 0.5) is 0 Å². The molecule has 2 atom stereocenters. The van der Waals surface area contributed by atoms with Gasteiger partial charge in [0.1, 0.15) is 5.84 Å². The van der Waals surface area contributed by atoms with Gasteiger partial charge in [0, 0.05) is 24.8 Å². The number of hydrogen-bond acceptors (Lipinski definition) is 6. The number of esters is 1. The Balaban J connectivity index is 1.60. The molecule has 142 valence electrons. The van der Waals surface area contributed by atoms with Crippen molar-refractivity contribution in [1.29, 1.82) is 0 Å². The highest BCUT2D eigenvalue weighted by molar-refractivity contribution is 7.90. The van der Waals surface area contributed by atoms with Crippen molar-refractivity contribution in [2.45, 2.75) is 45.2 Å². The molecule has 0 aromatic carbocycles. The molecular weight excluding hydrogens is 358 g/mol. The second kappa shape index (κ2) is 7.22. The van der Waals surface area contributed by atoms with E-state index in [2.05, 4.69) is 4.40 Å². The molecule has 3 rings (SSSR count). The maximum absolute atomic E-state index is 12.4. The summed E-state index contributed by atoms with van der Waals surface area (Å²) >= 11 is 0. The van der Waals surface area contributed by atoms with E-state index in [-0.39, 0.29) is 48.3 Å². The number of amidine groups is 1. The van der Waals surface area contributed by atoms with Gasteiger partial charge in [-0.2, -0.15) is 0 Å². The number of carbonyl (C=O) groups excluding carboxylic acids is 2. The average molecular weight is 381 g/mol. The number of carbonyl (C=O) groups is 2. The zero-order valence-corrected chi connectivity index (χ0v) is 15.7. The van der Waals surface area contributed by atoms with Gasteiger partial charge in [0.05, 0.1) is 11.3 Å². The van der Waals surface area contributed by atoms with Crippen LogP contribution in [0.15, 0.2) is 28.3 Å². The van der Waals surface area contributed by atoms with E-state index in [0.717, 1.165) is 19.3 Å². The SMILES string of the molecule is CC1CCCC(C)N1C(=O)COC(=O)C1=CN2CCS(=O)(=O)N=C2C=C1. The number of rotatable bonds is 3. The summed E-state index contributed by atoms with van der Waals surface area (Å²) in [5.74, 6) is -0.629. The zero-order valence-electron chi connectivity index (χ0n) is 14.9. The summed E-state index contributed by atoms with van der Waals surface area (Å²) in [6.45, 7) is 3.94. The van der Waals surface area contributed by atoms with E-state index >= 15 is 0 Å². The molecule has 0 saturated carbocycles. The Morgan fingerprint density at radius 2 is 1.92 bits per heavy atom. The van der Waals surface area contributed by atoms with Crippen molar-refractivity contribution >= 4 is 27.7 Å². The second-order valence-electron chi connectivity index (χ2n) is 6.85. The average Bonchev–Trinajstić information content (AvgIpc) is 2.58. The lowest BCUT2D eigenvalue weighted by Gasteiger charge is -2.38. The van der Waals surface area contributed by atoms with Crippen LogP contribution in [0.5, 0.6) is 0 Å². The summed E-state index contributed by atoms with van der Waals surface area (Å²) in [7, 11) is -3.44. The molecule has 1 saturated heterocycles. The van der Waals surface area contributed by atoms with Crippen molar-refractivity contribution in [1.82, 2.24) is 9.80 Å². The maximum atomic E-state index is 12.4. The van der Waals surface area contributed by atoms with Crippen LogP contribution in [0.3, 0.4) is 0 Å². The van der Waals surface area contributed by atoms with Gasteiger partial charge >= 0.3 is 5.97 Å². The Bertz CT molecular complexity index is 789. The van der Waals surface area contributed by atoms with Crippen LogP contribution in [-0.2, 0) is 24.3 Å². The summed E-state index contributed by atoms with van der Waals surface area (Å²) in [4.78, 5) is 28.1. The predicted molar refractivity (Wildman–Crippen MR) is 95.7 cm³/mol.